The number of fused-ring (bicyclic) bond motifs is 1. The van der Waals surface area contributed by atoms with Crippen molar-refractivity contribution in [1.82, 2.24) is 0 Å². The van der Waals surface area contributed by atoms with Gasteiger partial charge in [-0.3, -0.25) is 4.79 Å². The molecule has 0 radical (unpaired) electrons. The van der Waals surface area contributed by atoms with Gasteiger partial charge in [-0.25, -0.2) is 0 Å². The van der Waals surface area contributed by atoms with Crippen LogP contribution in [-0.2, 0) is 0 Å². The van der Waals surface area contributed by atoms with Crippen LogP contribution in [0.15, 0.2) is 18.2 Å². The smallest absolute Gasteiger partial charge is 0.160 e. The van der Waals surface area contributed by atoms with E-state index in [1.807, 2.05) is 25.1 Å². The number of aryl methyl sites for hydroxylation is 1. The molecule has 0 atom stereocenters. The van der Waals surface area contributed by atoms with Crippen molar-refractivity contribution >= 4 is 39.3 Å². The minimum absolute atomic E-state index is 0.725. The number of hydrogen-bond acceptors (Lipinski definition) is 2. The molecule has 1 aromatic heterocycles. The first-order valence-corrected chi connectivity index (χ1v) is 5.05. The molecule has 1 nitrogen and oxygen atoms in total. The fourth-order valence-electron chi connectivity index (χ4n) is 1.33. The quantitative estimate of drug-likeness (QED) is 0.657. The van der Waals surface area contributed by atoms with E-state index in [4.69, 9.17) is 11.6 Å². The summed E-state index contributed by atoms with van der Waals surface area (Å²) in [6.07, 6.45) is 0.857. The zero-order valence-corrected chi connectivity index (χ0v) is 8.58. The third-order valence-electron chi connectivity index (χ3n) is 1.85. The van der Waals surface area contributed by atoms with Crippen molar-refractivity contribution in [1.29, 1.82) is 0 Å². The zero-order chi connectivity index (χ0) is 9.42. The molecule has 2 aromatic rings. The summed E-state index contributed by atoms with van der Waals surface area (Å²) < 4.78 is 0.995. The Kier molecular flexibility index (Phi) is 2.10. The molecule has 66 valence electrons. The van der Waals surface area contributed by atoms with Crippen LogP contribution in [0.5, 0.6) is 0 Å². The van der Waals surface area contributed by atoms with E-state index in [1.54, 1.807) is 0 Å². The van der Waals surface area contributed by atoms with Gasteiger partial charge in [0.2, 0.25) is 0 Å². The first-order chi connectivity index (χ1) is 6.20. The van der Waals surface area contributed by atoms with Gasteiger partial charge in [0.15, 0.2) is 6.29 Å². The number of aldehydes is 1. The molecule has 13 heavy (non-hydrogen) atoms. The summed E-state index contributed by atoms with van der Waals surface area (Å²) in [6, 6.07) is 5.81. The summed E-state index contributed by atoms with van der Waals surface area (Å²) in [4.78, 5) is 11.3. The lowest BCUT2D eigenvalue weighted by Gasteiger charge is -1.95. The van der Waals surface area contributed by atoms with E-state index in [2.05, 4.69) is 0 Å². The van der Waals surface area contributed by atoms with Gasteiger partial charge < -0.3 is 0 Å². The zero-order valence-electron chi connectivity index (χ0n) is 7.00. The van der Waals surface area contributed by atoms with E-state index in [-0.39, 0.29) is 0 Å². The van der Waals surface area contributed by atoms with Gasteiger partial charge in [-0.15, -0.1) is 11.3 Å². The molecule has 1 heterocycles. The Bertz CT molecular complexity index is 473. The maximum atomic E-state index is 10.5. The van der Waals surface area contributed by atoms with Crippen molar-refractivity contribution in [2.24, 2.45) is 0 Å². The van der Waals surface area contributed by atoms with Gasteiger partial charge in [0.05, 0.1) is 14.6 Å². The molecule has 0 saturated carbocycles. The van der Waals surface area contributed by atoms with E-state index in [9.17, 15) is 4.79 Å². The first kappa shape index (κ1) is 8.73. The molecule has 2 rings (SSSR count). The number of thiophene rings is 1. The topological polar surface area (TPSA) is 17.1 Å². The first-order valence-electron chi connectivity index (χ1n) is 3.85. The van der Waals surface area contributed by atoms with Crippen LogP contribution < -0.4 is 0 Å². The predicted octanol–water partition coefficient (Wildman–Crippen LogP) is 3.68. The highest BCUT2D eigenvalue weighted by Gasteiger charge is 2.04. The second-order valence-corrected chi connectivity index (χ2v) is 4.42. The Morgan fingerprint density at radius 3 is 2.85 bits per heavy atom. The molecule has 0 bridgehead atoms. The van der Waals surface area contributed by atoms with E-state index in [0.717, 1.165) is 31.8 Å². The lowest BCUT2D eigenvalue weighted by Crippen LogP contribution is -1.71. The van der Waals surface area contributed by atoms with Gasteiger partial charge in [-0.05, 0) is 30.0 Å². The molecule has 0 aliphatic rings. The average molecular weight is 211 g/mol. The molecule has 0 aliphatic heterocycles. The van der Waals surface area contributed by atoms with Crippen molar-refractivity contribution in [2.75, 3.05) is 0 Å². The van der Waals surface area contributed by atoms with E-state index in [0.29, 0.717) is 0 Å². The molecular weight excluding hydrogens is 204 g/mol. The second kappa shape index (κ2) is 3.13. The van der Waals surface area contributed by atoms with Crippen LogP contribution in [-0.4, -0.2) is 6.29 Å². The van der Waals surface area contributed by atoms with Crippen LogP contribution in [0.4, 0.5) is 0 Å². The lowest BCUT2D eigenvalue weighted by molar-refractivity contribution is 0.112. The highest BCUT2D eigenvalue weighted by Crippen LogP contribution is 2.32. The largest absolute Gasteiger partial charge is 0.297 e. The van der Waals surface area contributed by atoms with Gasteiger partial charge in [0.1, 0.15) is 0 Å². The van der Waals surface area contributed by atoms with Crippen molar-refractivity contribution in [3.8, 4) is 0 Å². The fraction of sp³-hybridized carbons (Fsp3) is 0.100. The van der Waals surface area contributed by atoms with Gasteiger partial charge in [0, 0.05) is 0 Å². The van der Waals surface area contributed by atoms with Gasteiger partial charge in [-0.1, -0.05) is 17.7 Å². The van der Waals surface area contributed by atoms with Gasteiger partial charge in [-0.2, -0.15) is 0 Å². The number of hydrogen-bond donors (Lipinski definition) is 0. The van der Waals surface area contributed by atoms with Crippen LogP contribution >= 0.6 is 22.9 Å². The number of halogens is 1. The Labute approximate surface area is 84.9 Å². The van der Waals surface area contributed by atoms with Crippen molar-refractivity contribution in [3.63, 3.8) is 0 Å². The summed E-state index contributed by atoms with van der Waals surface area (Å²) >= 11 is 7.46. The van der Waals surface area contributed by atoms with E-state index < -0.39 is 0 Å². The summed E-state index contributed by atoms with van der Waals surface area (Å²) in [5.74, 6) is 0. The van der Waals surface area contributed by atoms with Crippen LogP contribution in [0.3, 0.4) is 0 Å². The van der Waals surface area contributed by atoms with E-state index in [1.165, 1.54) is 11.3 Å². The minimum atomic E-state index is 0.725. The Balaban J connectivity index is 2.82. The standard InChI is InChI=1S/C10H7ClOS/c1-6-2-7-4-8(5-12)13-10(7)9(11)3-6/h2-5H,1H3. The fourth-order valence-corrected chi connectivity index (χ4v) is 2.59. The summed E-state index contributed by atoms with van der Waals surface area (Å²) in [5, 5.41) is 1.78. The van der Waals surface area contributed by atoms with Crippen molar-refractivity contribution in [3.05, 3.63) is 33.7 Å². The number of benzene rings is 1. The maximum absolute atomic E-state index is 10.5. The van der Waals surface area contributed by atoms with E-state index >= 15 is 0 Å². The Morgan fingerprint density at radius 2 is 2.15 bits per heavy atom. The SMILES string of the molecule is Cc1cc(Cl)c2sc(C=O)cc2c1. The molecule has 0 aliphatic carbocycles. The van der Waals surface area contributed by atoms with Crippen LogP contribution in [0, 0.1) is 6.92 Å². The maximum Gasteiger partial charge on any atom is 0.160 e. The molecule has 0 fully saturated rings. The van der Waals surface area contributed by atoms with Crippen LogP contribution in [0.25, 0.3) is 10.1 Å². The number of rotatable bonds is 1. The molecule has 0 saturated heterocycles. The van der Waals surface area contributed by atoms with Crippen molar-refractivity contribution < 1.29 is 4.79 Å². The second-order valence-electron chi connectivity index (χ2n) is 2.93. The normalized spacial score (nSPS) is 10.6. The monoisotopic (exact) mass is 210 g/mol. The van der Waals surface area contributed by atoms with Crippen LogP contribution in [0.1, 0.15) is 15.2 Å². The summed E-state index contributed by atoms with van der Waals surface area (Å²) in [7, 11) is 0. The molecule has 0 N–H and O–H groups in total. The molecule has 3 heteroatoms. The molecule has 0 spiro atoms. The average Bonchev–Trinajstić information content (AvgIpc) is 2.47. The molecule has 0 amide bonds. The summed E-state index contributed by atoms with van der Waals surface area (Å²) in [5.41, 5.74) is 1.12. The Morgan fingerprint density at radius 1 is 1.38 bits per heavy atom. The molecule has 1 aromatic carbocycles. The van der Waals surface area contributed by atoms with Gasteiger partial charge in [0.25, 0.3) is 0 Å². The van der Waals surface area contributed by atoms with Crippen molar-refractivity contribution in [2.45, 2.75) is 6.92 Å². The summed E-state index contributed by atoms with van der Waals surface area (Å²) in [6.45, 7) is 1.99. The van der Waals surface area contributed by atoms with Crippen LogP contribution in [0.2, 0.25) is 5.02 Å². The lowest BCUT2D eigenvalue weighted by atomic mass is 10.2. The molecular formula is C10H7ClOS. The third-order valence-corrected chi connectivity index (χ3v) is 3.37. The third kappa shape index (κ3) is 1.47. The predicted molar refractivity (Wildman–Crippen MR) is 57.0 cm³/mol. The minimum Gasteiger partial charge on any atom is -0.297 e. The number of carbonyl (C=O) groups is 1. The molecule has 0 unspecified atom stereocenters. The highest BCUT2D eigenvalue weighted by molar-refractivity contribution is 7.21. The highest BCUT2D eigenvalue weighted by atomic mass is 35.5. The Hall–Kier alpha value is -0.860. The number of carbonyl (C=O) groups excluding carboxylic acids is 1. The van der Waals surface area contributed by atoms with Gasteiger partial charge >= 0.3 is 0 Å².